The second-order valence-corrected chi connectivity index (χ2v) is 8.23. The Hall–Kier alpha value is -4.40. The van der Waals surface area contributed by atoms with E-state index in [0.717, 1.165) is 22.3 Å². The van der Waals surface area contributed by atoms with Gasteiger partial charge >= 0.3 is 12.1 Å². The topological polar surface area (TPSA) is 133 Å². The predicted octanol–water partition coefficient (Wildman–Crippen LogP) is 3.00. The third-order valence-corrected chi connectivity index (χ3v) is 5.95. The van der Waals surface area contributed by atoms with E-state index in [9.17, 15) is 19.5 Å². The molecule has 0 radical (unpaired) electrons. The van der Waals surface area contributed by atoms with Crippen LogP contribution in [0.1, 0.15) is 29.2 Å². The zero-order valence-corrected chi connectivity index (χ0v) is 18.9. The first-order chi connectivity index (χ1) is 17.0. The van der Waals surface area contributed by atoms with Gasteiger partial charge in [-0.05, 0) is 28.7 Å². The summed E-state index contributed by atoms with van der Waals surface area (Å²) in [6.45, 7) is 3.72. The number of H-pyrrole nitrogens is 1. The Morgan fingerprint density at radius 2 is 1.71 bits per heavy atom. The minimum Gasteiger partial charge on any atom is -0.480 e. The lowest BCUT2D eigenvalue weighted by atomic mass is 9.98. The second kappa shape index (κ2) is 10.7. The largest absolute Gasteiger partial charge is 0.480 e. The van der Waals surface area contributed by atoms with Crippen molar-refractivity contribution in [2.45, 2.75) is 30.8 Å². The molecule has 0 bridgehead atoms. The van der Waals surface area contributed by atoms with Crippen LogP contribution in [0, 0.1) is 0 Å². The Bertz CT molecular complexity index is 1180. The molecule has 1 aromatic heterocycles. The monoisotopic (exact) mass is 474 g/mol. The average Bonchev–Trinajstić information content (AvgIpc) is 3.48. The van der Waals surface area contributed by atoms with Gasteiger partial charge in [0.05, 0.1) is 6.33 Å². The van der Waals surface area contributed by atoms with Crippen molar-refractivity contribution in [3.8, 4) is 11.1 Å². The molecule has 0 spiro atoms. The molecule has 3 aromatic rings. The smallest absolute Gasteiger partial charge is 0.407 e. The van der Waals surface area contributed by atoms with E-state index in [1.165, 1.54) is 18.6 Å². The molecule has 9 nitrogen and oxygen atoms in total. The number of aromatic nitrogens is 2. The van der Waals surface area contributed by atoms with Crippen LogP contribution in [0.2, 0.25) is 0 Å². The first kappa shape index (κ1) is 23.7. The molecule has 2 atom stereocenters. The van der Waals surface area contributed by atoms with Crippen molar-refractivity contribution in [1.29, 1.82) is 0 Å². The lowest BCUT2D eigenvalue weighted by Gasteiger charge is -2.21. The third-order valence-electron chi connectivity index (χ3n) is 5.95. The van der Waals surface area contributed by atoms with Gasteiger partial charge in [0, 0.05) is 24.2 Å². The molecule has 1 aliphatic carbocycles. The zero-order chi connectivity index (χ0) is 24.8. The molecule has 2 aromatic carbocycles. The third kappa shape index (κ3) is 5.40. The summed E-state index contributed by atoms with van der Waals surface area (Å²) in [5, 5.41) is 14.5. The summed E-state index contributed by atoms with van der Waals surface area (Å²) in [5.41, 5.74) is 4.92. The fraction of sp³-hybridized carbons (Fsp3) is 0.231. The summed E-state index contributed by atoms with van der Waals surface area (Å²) in [5.74, 6) is -1.97. The number of carbonyl (C=O) groups excluding carboxylic acids is 2. The van der Waals surface area contributed by atoms with Gasteiger partial charge in [-0.1, -0.05) is 54.6 Å². The zero-order valence-electron chi connectivity index (χ0n) is 18.9. The van der Waals surface area contributed by atoms with Crippen LogP contribution in [0.3, 0.4) is 0 Å². The molecular formula is C26H26N4O5. The highest BCUT2D eigenvalue weighted by atomic mass is 16.5. The standard InChI is InChI=1S/C26H26N4O5/c1-2-7-22(24(31)29-23(25(32)33)12-16-13-27-15-28-16)30-26(34)35-14-21-19-10-5-3-8-17(19)18-9-4-6-11-20(18)21/h2-6,8-11,13,15,21-23H,1,7,12,14H2,(H,27,28)(H,29,31)(H,30,34)(H,32,33)/t22?,23-/m1/s1. The van der Waals surface area contributed by atoms with E-state index in [0.29, 0.717) is 5.69 Å². The molecule has 1 unspecified atom stereocenters. The van der Waals surface area contributed by atoms with Crippen LogP contribution in [0.4, 0.5) is 4.79 Å². The Labute approximate surface area is 202 Å². The molecule has 35 heavy (non-hydrogen) atoms. The van der Waals surface area contributed by atoms with Gasteiger partial charge in [0.1, 0.15) is 18.7 Å². The number of ether oxygens (including phenoxy) is 1. The van der Waals surface area contributed by atoms with Crippen LogP contribution in [-0.2, 0) is 20.7 Å². The quantitative estimate of drug-likeness (QED) is 0.334. The number of carboxylic acid groups (broad SMARTS) is 1. The number of hydrogen-bond acceptors (Lipinski definition) is 5. The molecule has 9 heteroatoms. The second-order valence-electron chi connectivity index (χ2n) is 8.23. The van der Waals surface area contributed by atoms with E-state index in [-0.39, 0.29) is 25.4 Å². The maximum Gasteiger partial charge on any atom is 0.407 e. The number of nitrogens with one attached hydrogen (secondary N) is 3. The summed E-state index contributed by atoms with van der Waals surface area (Å²) in [7, 11) is 0. The van der Waals surface area contributed by atoms with E-state index >= 15 is 0 Å². The van der Waals surface area contributed by atoms with Gasteiger partial charge in [0.2, 0.25) is 5.91 Å². The van der Waals surface area contributed by atoms with E-state index < -0.39 is 30.1 Å². The highest BCUT2D eigenvalue weighted by Crippen LogP contribution is 2.44. The van der Waals surface area contributed by atoms with Crippen molar-refractivity contribution in [2.75, 3.05) is 6.61 Å². The number of carbonyl (C=O) groups is 3. The first-order valence-electron chi connectivity index (χ1n) is 11.2. The van der Waals surface area contributed by atoms with Crippen molar-refractivity contribution in [3.63, 3.8) is 0 Å². The van der Waals surface area contributed by atoms with Gasteiger partial charge in [-0.2, -0.15) is 0 Å². The number of aromatic amines is 1. The lowest BCUT2D eigenvalue weighted by molar-refractivity contribution is -0.142. The molecule has 4 N–H and O–H groups in total. The molecule has 180 valence electrons. The van der Waals surface area contributed by atoms with Crippen LogP contribution < -0.4 is 10.6 Å². The highest BCUT2D eigenvalue weighted by Gasteiger charge is 2.30. The summed E-state index contributed by atoms with van der Waals surface area (Å²) in [6.07, 6.45) is 3.74. The average molecular weight is 475 g/mol. The van der Waals surface area contributed by atoms with Crippen molar-refractivity contribution < 1.29 is 24.2 Å². The predicted molar refractivity (Wildman–Crippen MR) is 129 cm³/mol. The minimum atomic E-state index is -1.20. The summed E-state index contributed by atoms with van der Waals surface area (Å²) in [4.78, 5) is 43.7. The number of benzene rings is 2. The lowest BCUT2D eigenvalue weighted by Crippen LogP contribution is -2.52. The number of nitrogens with zero attached hydrogens (tertiary/aromatic N) is 1. The van der Waals surface area contributed by atoms with Gasteiger partial charge in [-0.25, -0.2) is 14.6 Å². The summed E-state index contributed by atoms with van der Waals surface area (Å²) < 4.78 is 5.51. The molecule has 4 rings (SSSR count). The fourth-order valence-electron chi connectivity index (χ4n) is 4.27. The van der Waals surface area contributed by atoms with Crippen molar-refractivity contribution in [3.05, 3.63) is 90.5 Å². The van der Waals surface area contributed by atoms with Crippen molar-refractivity contribution >= 4 is 18.0 Å². The summed E-state index contributed by atoms with van der Waals surface area (Å²) in [6, 6.07) is 13.7. The maximum atomic E-state index is 12.8. The Morgan fingerprint density at radius 3 is 2.29 bits per heavy atom. The maximum absolute atomic E-state index is 12.8. The Kier molecular flexibility index (Phi) is 7.25. The summed E-state index contributed by atoms with van der Waals surface area (Å²) >= 11 is 0. The van der Waals surface area contributed by atoms with Gasteiger partial charge in [0.25, 0.3) is 0 Å². The SMILES string of the molecule is C=CCC(NC(=O)OCC1c2ccccc2-c2ccccc21)C(=O)N[C@H](Cc1cnc[nH]1)C(=O)O. The van der Waals surface area contributed by atoms with Crippen molar-refractivity contribution in [1.82, 2.24) is 20.6 Å². The molecule has 2 amide bonds. The minimum absolute atomic E-state index is 0.0207. The number of fused-ring (bicyclic) bond motifs is 3. The fourth-order valence-corrected chi connectivity index (χ4v) is 4.27. The number of aliphatic carboxylic acids is 1. The van der Waals surface area contributed by atoms with Gasteiger partial charge in [0.15, 0.2) is 0 Å². The van der Waals surface area contributed by atoms with Crippen molar-refractivity contribution in [2.24, 2.45) is 0 Å². The molecule has 0 saturated heterocycles. The molecule has 1 heterocycles. The van der Waals surface area contributed by atoms with Crippen LogP contribution in [0.25, 0.3) is 11.1 Å². The number of alkyl carbamates (subject to hydrolysis) is 1. The van der Waals surface area contributed by atoms with E-state index in [1.807, 2.05) is 48.5 Å². The van der Waals surface area contributed by atoms with Crippen LogP contribution in [0.15, 0.2) is 73.7 Å². The van der Waals surface area contributed by atoms with Gasteiger partial charge < -0.3 is 25.5 Å². The molecule has 0 saturated carbocycles. The van der Waals surface area contributed by atoms with Crippen LogP contribution in [-0.4, -0.2) is 51.7 Å². The van der Waals surface area contributed by atoms with E-state index in [1.54, 1.807) is 0 Å². The van der Waals surface area contributed by atoms with E-state index in [2.05, 4.69) is 27.2 Å². The van der Waals surface area contributed by atoms with Gasteiger partial charge in [-0.3, -0.25) is 4.79 Å². The first-order valence-corrected chi connectivity index (χ1v) is 11.2. The highest BCUT2D eigenvalue weighted by molar-refractivity contribution is 5.89. The molecule has 0 aliphatic heterocycles. The number of carboxylic acids is 1. The number of hydrogen-bond donors (Lipinski definition) is 4. The van der Waals surface area contributed by atoms with Crippen LogP contribution >= 0.6 is 0 Å². The number of amides is 2. The van der Waals surface area contributed by atoms with Gasteiger partial charge in [-0.15, -0.1) is 6.58 Å². The number of imidazole rings is 1. The Balaban J connectivity index is 1.39. The molecule has 1 aliphatic rings. The Morgan fingerprint density at radius 1 is 1.06 bits per heavy atom. The van der Waals surface area contributed by atoms with E-state index in [4.69, 9.17) is 4.74 Å². The molecule has 0 fully saturated rings. The normalized spacial score (nSPS) is 13.7. The number of rotatable bonds is 10. The molecular weight excluding hydrogens is 448 g/mol. The van der Waals surface area contributed by atoms with Crippen LogP contribution in [0.5, 0.6) is 0 Å².